The van der Waals surface area contributed by atoms with Crippen molar-refractivity contribution in [3.63, 3.8) is 0 Å². The van der Waals surface area contributed by atoms with Crippen molar-refractivity contribution in [1.82, 2.24) is 15.5 Å². The highest BCUT2D eigenvalue weighted by molar-refractivity contribution is 5.97. The first-order valence-electron chi connectivity index (χ1n) is 9.64. The Hall–Kier alpha value is -1.59. The topological polar surface area (TPSA) is 61.4 Å². The van der Waals surface area contributed by atoms with Gasteiger partial charge in [0.15, 0.2) is 0 Å². The summed E-state index contributed by atoms with van der Waals surface area (Å²) in [5.74, 6) is -0.0554. The molecular weight excluding hydrogens is 362 g/mol. The summed E-state index contributed by atoms with van der Waals surface area (Å²) in [4.78, 5) is 26.9. The van der Waals surface area contributed by atoms with Gasteiger partial charge in [-0.15, -0.1) is 12.4 Å². The first-order chi connectivity index (χ1) is 12.2. The van der Waals surface area contributed by atoms with E-state index in [1.807, 2.05) is 11.9 Å². The van der Waals surface area contributed by atoms with Crippen LogP contribution in [0.25, 0.3) is 0 Å². The molecule has 2 heterocycles. The van der Waals surface area contributed by atoms with E-state index in [-0.39, 0.29) is 29.6 Å². The van der Waals surface area contributed by atoms with Crippen LogP contribution in [-0.4, -0.2) is 48.4 Å². The predicted molar refractivity (Wildman–Crippen MR) is 111 cm³/mol. The summed E-state index contributed by atoms with van der Waals surface area (Å²) in [6.07, 6.45) is 4.52. The Bertz CT molecular complexity index is 657. The van der Waals surface area contributed by atoms with Crippen molar-refractivity contribution in [3.8, 4) is 0 Å². The van der Waals surface area contributed by atoms with Gasteiger partial charge in [-0.25, -0.2) is 0 Å². The third-order valence-electron chi connectivity index (χ3n) is 5.49. The number of hydrogen-bond acceptors (Lipinski definition) is 3. The number of nitrogens with zero attached hydrogens (tertiary/aromatic N) is 1. The van der Waals surface area contributed by atoms with E-state index in [1.54, 1.807) is 24.3 Å². The number of carbonyl (C=O) groups is 2. The molecule has 1 aromatic rings. The number of halogens is 1. The minimum Gasteiger partial charge on any atom is -0.352 e. The Labute approximate surface area is 168 Å². The fourth-order valence-corrected chi connectivity index (χ4v) is 3.92. The molecule has 0 radical (unpaired) electrons. The van der Waals surface area contributed by atoms with Crippen LogP contribution in [0.1, 0.15) is 67.2 Å². The molecule has 27 heavy (non-hydrogen) atoms. The minimum absolute atomic E-state index is 0. The number of hydrogen-bond donors (Lipinski definition) is 2. The summed E-state index contributed by atoms with van der Waals surface area (Å²) in [6.45, 7) is 6.86. The zero-order chi connectivity index (χ0) is 18.9. The zero-order valence-corrected chi connectivity index (χ0v) is 17.6. The molecule has 2 bridgehead atoms. The van der Waals surface area contributed by atoms with Crippen LogP contribution < -0.4 is 10.6 Å². The Morgan fingerprint density at radius 2 is 1.59 bits per heavy atom. The molecule has 2 aliphatic heterocycles. The molecule has 0 aromatic heterocycles. The molecule has 0 saturated carbocycles. The Morgan fingerprint density at radius 1 is 1.07 bits per heavy atom. The second kappa shape index (κ2) is 8.61. The van der Waals surface area contributed by atoms with Gasteiger partial charge in [-0.2, -0.15) is 0 Å². The van der Waals surface area contributed by atoms with Crippen LogP contribution in [0, 0.1) is 5.41 Å². The second-order valence-electron chi connectivity index (χ2n) is 9.00. The lowest BCUT2D eigenvalue weighted by Gasteiger charge is -2.35. The molecule has 2 unspecified atom stereocenters. The predicted octanol–water partition coefficient (Wildman–Crippen LogP) is 3.24. The third-order valence-corrected chi connectivity index (χ3v) is 5.49. The normalized spacial score (nSPS) is 24.1. The summed E-state index contributed by atoms with van der Waals surface area (Å²) >= 11 is 0. The molecule has 6 heteroatoms. The highest BCUT2D eigenvalue weighted by atomic mass is 35.5. The fourth-order valence-electron chi connectivity index (χ4n) is 3.92. The van der Waals surface area contributed by atoms with Gasteiger partial charge in [0.25, 0.3) is 11.8 Å². The van der Waals surface area contributed by atoms with Gasteiger partial charge in [0.2, 0.25) is 0 Å². The van der Waals surface area contributed by atoms with Crippen molar-refractivity contribution in [2.75, 3.05) is 13.6 Å². The lowest BCUT2D eigenvalue weighted by Crippen LogP contribution is -2.48. The van der Waals surface area contributed by atoms with Crippen molar-refractivity contribution in [3.05, 3.63) is 35.4 Å². The molecule has 2 aliphatic rings. The highest BCUT2D eigenvalue weighted by Crippen LogP contribution is 2.29. The van der Waals surface area contributed by atoms with Gasteiger partial charge in [0.1, 0.15) is 0 Å². The van der Waals surface area contributed by atoms with E-state index in [0.717, 1.165) is 12.8 Å². The quantitative estimate of drug-likeness (QED) is 0.825. The first kappa shape index (κ1) is 21.7. The highest BCUT2D eigenvalue weighted by Gasteiger charge is 2.36. The molecule has 5 nitrogen and oxygen atoms in total. The molecule has 0 aliphatic carbocycles. The molecule has 2 atom stereocenters. The summed E-state index contributed by atoms with van der Waals surface area (Å²) in [5, 5.41) is 6.55. The maximum Gasteiger partial charge on any atom is 0.253 e. The van der Waals surface area contributed by atoms with E-state index in [2.05, 4.69) is 31.4 Å². The van der Waals surface area contributed by atoms with E-state index in [9.17, 15) is 9.59 Å². The number of piperidine rings is 1. The number of rotatable bonds is 4. The standard InChI is InChI=1S/C21H31N3O2.ClH/c1-21(2,3)13-22-19(25)14-5-7-15(8-6-14)20(26)24(4)18-11-16-9-10-17(12-18)23-16;/h5-8,16-18,23H,9-13H2,1-4H3,(H,22,25);1H. The SMILES string of the molecule is CN(C(=O)c1ccc(C(=O)NCC(C)(C)C)cc1)C1CC2CCC(C1)N2.Cl. The van der Waals surface area contributed by atoms with Crippen LogP contribution in [0.3, 0.4) is 0 Å². The fraction of sp³-hybridized carbons (Fsp3) is 0.619. The van der Waals surface area contributed by atoms with Crippen molar-refractivity contribution >= 4 is 24.2 Å². The van der Waals surface area contributed by atoms with Crippen molar-refractivity contribution in [2.24, 2.45) is 5.41 Å². The molecule has 3 rings (SSSR count). The maximum atomic E-state index is 12.8. The summed E-state index contributed by atoms with van der Waals surface area (Å²) < 4.78 is 0. The molecule has 2 amide bonds. The van der Waals surface area contributed by atoms with Crippen molar-refractivity contribution in [1.29, 1.82) is 0 Å². The van der Waals surface area contributed by atoms with Gasteiger partial charge < -0.3 is 15.5 Å². The summed E-state index contributed by atoms with van der Waals surface area (Å²) in [5.41, 5.74) is 1.28. The summed E-state index contributed by atoms with van der Waals surface area (Å²) in [6, 6.07) is 8.43. The van der Waals surface area contributed by atoms with E-state index in [0.29, 0.717) is 35.8 Å². The van der Waals surface area contributed by atoms with Gasteiger partial charge in [-0.3, -0.25) is 9.59 Å². The van der Waals surface area contributed by atoms with Crippen molar-refractivity contribution < 1.29 is 9.59 Å². The molecule has 2 N–H and O–H groups in total. The van der Waals surface area contributed by atoms with E-state index < -0.39 is 0 Å². The van der Waals surface area contributed by atoms with Crippen LogP contribution in [0.5, 0.6) is 0 Å². The smallest absolute Gasteiger partial charge is 0.253 e. The van der Waals surface area contributed by atoms with Crippen LogP contribution >= 0.6 is 12.4 Å². The van der Waals surface area contributed by atoms with E-state index in [4.69, 9.17) is 0 Å². The number of benzene rings is 1. The van der Waals surface area contributed by atoms with Gasteiger partial charge in [0.05, 0.1) is 0 Å². The Kier molecular flexibility index (Phi) is 6.92. The molecule has 150 valence electrons. The number of amides is 2. The lowest BCUT2D eigenvalue weighted by atomic mass is 9.97. The zero-order valence-electron chi connectivity index (χ0n) is 16.7. The monoisotopic (exact) mass is 393 g/mol. The van der Waals surface area contributed by atoms with E-state index in [1.165, 1.54) is 12.8 Å². The van der Waals surface area contributed by atoms with Gasteiger partial charge in [-0.05, 0) is 55.4 Å². The molecule has 2 fully saturated rings. The van der Waals surface area contributed by atoms with Crippen LogP contribution in [0.15, 0.2) is 24.3 Å². The number of carbonyl (C=O) groups excluding carboxylic acids is 2. The molecule has 1 aromatic carbocycles. The van der Waals surface area contributed by atoms with Crippen LogP contribution in [0.2, 0.25) is 0 Å². The number of fused-ring (bicyclic) bond motifs is 2. The van der Waals surface area contributed by atoms with Gasteiger partial charge in [-0.1, -0.05) is 20.8 Å². The van der Waals surface area contributed by atoms with Gasteiger partial charge >= 0.3 is 0 Å². The molecule has 2 saturated heterocycles. The average molecular weight is 394 g/mol. The Morgan fingerprint density at radius 3 is 2.11 bits per heavy atom. The maximum absolute atomic E-state index is 12.8. The minimum atomic E-state index is -0.0952. The van der Waals surface area contributed by atoms with Crippen molar-refractivity contribution in [2.45, 2.75) is 64.6 Å². The van der Waals surface area contributed by atoms with Crippen LogP contribution in [0.4, 0.5) is 0 Å². The first-order valence-corrected chi connectivity index (χ1v) is 9.64. The van der Waals surface area contributed by atoms with Crippen LogP contribution in [-0.2, 0) is 0 Å². The molecule has 0 spiro atoms. The van der Waals surface area contributed by atoms with E-state index >= 15 is 0 Å². The molecular formula is C21H32ClN3O2. The summed E-state index contributed by atoms with van der Waals surface area (Å²) in [7, 11) is 1.90. The lowest BCUT2D eigenvalue weighted by molar-refractivity contribution is 0.0681. The second-order valence-corrected chi connectivity index (χ2v) is 9.00. The van der Waals surface area contributed by atoms with Gasteiger partial charge in [0, 0.05) is 42.8 Å². The average Bonchev–Trinajstić information content (AvgIpc) is 2.95. The largest absolute Gasteiger partial charge is 0.352 e. The number of nitrogens with one attached hydrogen (secondary N) is 2. The Balaban J connectivity index is 0.00000261. The third kappa shape index (κ3) is 5.45.